The van der Waals surface area contributed by atoms with Gasteiger partial charge < -0.3 is 5.32 Å². The van der Waals surface area contributed by atoms with Gasteiger partial charge in [-0.1, -0.05) is 28.6 Å². The summed E-state index contributed by atoms with van der Waals surface area (Å²) in [5.41, 5.74) is 5.85. The molecule has 4 rings (SSSR count). The van der Waals surface area contributed by atoms with Gasteiger partial charge in [0.2, 0.25) is 6.19 Å². The number of urea groups is 1. The molecule has 1 unspecified atom stereocenters. The zero-order chi connectivity index (χ0) is 18.9. The molecule has 0 radical (unpaired) electrons. The van der Waals surface area contributed by atoms with E-state index in [1.54, 1.807) is 36.5 Å². The third-order valence-electron chi connectivity index (χ3n) is 5.17. The van der Waals surface area contributed by atoms with Crippen molar-refractivity contribution in [2.24, 2.45) is 4.36 Å². The molecule has 1 atom stereocenters. The summed E-state index contributed by atoms with van der Waals surface area (Å²) in [6.45, 7) is 0. The monoisotopic (exact) mass is 380 g/mol. The number of benzene rings is 2. The number of carbonyl (C=O) groups is 1. The summed E-state index contributed by atoms with van der Waals surface area (Å²) in [6, 6.07) is 10.0. The molecule has 2 aromatic rings. The van der Waals surface area contributed by atoms with Gasteiger partial charge >= 0.3 is 6.03 Å². The molecule has 27 heavy (non-hydrogen) atoms. The Bertz CT molecular complexity index is 1030. The molecule has 0 saturated carbocycles. The fourth-order valence-electron chi connectivity index (χ4n) is 4.03. The fraction of sp³-hybridized carbons (Fsp3) is 0.300. The lowest BCUT2D eigenvalue weighted by molar-refractivity contribution is 0.256. The van der Waals surface area contributed by atoms with Gasteiger partial charge in [0.15, 0.2) is 9.92 Å². The highest BCUT2D eigenvalue weighted by atomic mass is 32.2. The molecule has 138 valence electrons. The van der Waals surface area contributed by atoms with Crippen LogP contribution in [0.2, 0.25) is 0 Å². The molecule has 2 aliphatic carbocycles. The number of rotatable bonds is 3. The largest absolute Gasteiger partial charge is 0.331 e. The molecule has 2 N–H and O–H groups in total. The first-order valence-corrected chi connectivity index (χ1v) is 10.6. The standard InChI is InChI=1S/C20H20N4O2S/c21-13-22-27(26,16-8-2-1-3-9-16)24-20(25)23-19-17-10-4-6-14(17)12-15-7-5-11-18(15)19/h1-3,8-9,12H,4-7,10-11H2,(H2,22,23,24,25,26). The zero-order valence-electron chi connectivity index (χ0n) is 14.8. The average molecular weight is 380 g/mol. The van der Waals surface area contributed by atoms with Crippen molar-refractivity contribution in [1.29, 1.82) is 5.26 Å². The van der Waals surface area contributed by atoms with Crippen molar-refractivity contribution in [3.05, 3.63) is 58.7 Å². The highest BCUT2D eigenvalue weighted by Gasteiger charge is 2.26. The number of nitriles is 1. The Morgan fingerprint density at radius 3 is 2.26 bits per heavy atom. The van der Waals surface area contributed by atoms with Gasteiger partial charge in [0.25, 0.3) is 0 Å². The van der Waals surface area contributed by atoms with Gasteiger partial charge in [0.05, 0.1) is 4.90 Å². The van der Waals surface area contributed by atoms with Crippen LogP contribution in [0.25, 0.3) is 0 Å². The van der Waals surface area contributed by atoms with Gasteiger partial charge in [-0.05, 0) is 72.9 Å². The molecule has 2 amide bonds. The van der Waals surface area contributed by atoms with Gasteiger partial charge in [-0.2, -0.15) is 5.26 Å². The summed E-state index contributed by atoms with van der Waals surface area (Å²) >= 11 is 0. The minimum atomic E-state index is -3.36. The van der Waals surface area contributed by atoms with Crippen molar-refractivity contribution in [1.82, 2.24) is 4.72 Å². The van der Waals surface area contributed by atoms with Crippen molar-refractivity contribution >= 4 is 21.6 Å². The molecule has 6 nitrogen and oxygen atoms in total. The predicted octanol–water partition coefficient (Wildman–Crippen LogP) is 3.71. The summed E-state index contributed by atoms with van der Waals surface area (Å²) in [6.07, 6.45) is 7.67. The Balaban J connectivity index is 1.65. The molecule has 0 bridgehead atoms. The minimum Gasteiger partial charge on any atom is -0.307 e. The van der Waals surface area contributed by atoms with Crippen LogP contribution < -0.4 is 10.0 Å². The topological polar surface area (TPSA) is 94.3 Å². The number of nitrogens with zero attached hydrogens (tertiary/aromatic N) is 2. The number of anilines is 1. The SMILES string of the molecule is N#CN=S(=O)(NC(=O)Nc1c2c(cc3c1CCC3)CCC2)c1ccccc1. The number of hydrogen-bond acceptors (Lipinski definition) is 4. The van der Waals surface area contributed by atoms with Crippen LogP contribution in [0.1, 0.15) is 35.1 Å². The molecule has 0 aromatic heterocycles. The van der Waals surface area contributed by atoms with Crippen LogP contribution in [-0.2, 0) is 35.6 Å². The number of fused-ring (bicyclic) bond motifs is 2. The van der Waals surface area contributed by atoms with Crippen LogP contribution in [0, 0.1) is 11.5 Å². The van der Waals surface area contributed by atoms with Crippen LogP contribution in [0.5, 0.6) is 0 Å². The van der Waals surface area contributed by atoms with E-state index in [2.05, 4.69) is 20.5 Å². The highest BCUT2D eigenvalue weighted by molar-refractivity contribution is 7.92. The lowest BCUT2D eigenvalue weighted by Gasteiger charge is -2.17. The normalized spacial score (nSPS) is 16.6. The minimum absolute atomic E-state index is 0.296. The highest BCUT2D eigenvalue weighted by Crippen LogP contribution is 2.38. The van der Waals surface area contributed by atoms with E-state index in [1.165, 1.54) is 22.3 Å². The van der Waals surface area contributed by atoms with Crippen molar-refractivity contribution in [2.75, 3.05) is 5.32 Å². The van der Waals surface area contributed by atoms with E-state index >= 15 is 0 Å². The van der Waals surface area contributed by atoms with E-state index in [0.717, 1.165) is 44.2 Å². The molecule has 7 heteroatoms. The maximum Gasteiger partial charge on any atom is 0.331 e. The summed E-state index contributed by atoms with van der Waals surface area (Å²) < 4.78 is 19.0. The third-order valence-corrected chi connectivity index (χ3v) is 6.89. The van der Waals surface area contributed by atoms with Gasteiger partial charge in [0, 0.05) is 5.69 Å². The Morgan fingerprint density at radius 1 is 1.04 bits per heavy atom. The second kappa shape index (κ2) is 7.05. The van der Waals surface area contributed by atoms with Gasteiger partial charge in [-0.25, -0.2) is 13.7 Å². The van der Waals surface area contributed by atoms with E-state index in [0.29, 0.717) is 4.90 Å². The smallest absolute Gasteiger partial charge is 0.307 e. The molecular formula is C20H20N4O2S. The quantitative estimate of drug-likeness (QED) is 0.795. The molecule has 2 aromatic carbocycles. The van der Waals surface area contributed by atoms with E-state index in [-0.39, 0.29) is 0 Å². The van der Waals surface area contributed by atoms with Crippen molar-refractivity contribution in [3.8, 4) is 6.19 Å². The number of amides is 2. The second-order valence-electron chi connectivity index (χ2n) is 6.82. The van der Waals surface area contributed by atoms with Crippen molar-refractivity contribution in [2.45, 2.75) is 43.4 Å². The number of hydrogen-bond donors (Lipinski definition) is 2. The summed E-state index contributed by atoms with van der Waals surface area (Å²) in [4.78, 5) is 13.0. The summed E-state index contributed by atoms with van der Waals surface area (Å²) in [5, 5.41) is 11.9. The molecule has 0 aliphatic heterocycles. The Morgan fingerprint density at radius 2 is 1.67 bits per heavy atom. The van der Waals surface area contributed by atoms with Crippen LogP contribution in [0.3, 0.4) is 0 Å². The predicted molar refractivity (Wildman–Crippen MR) is 104 cm³/mol. The van der Waals surface area contributed by atoms with Crippen LogP contribution in [-0.4, -0.2) is 10.2 Å². The first-order chi connectivity index (χ1) is 13.1. The number of nitrogens with one attached hydrogen (secondary N) is 2. The van der Waals surface area contributed by atoms with Crippen LogP contribution >= 0.6 is 0 Å². The molecular weight excluding hydrogens is 360 g/mol. The number of aryl methyl sites for hydroxylation is 2. The Labute approximate surface area is 158 Å². The van der Waals surface area contributed by atoms with Gasteiger partial charge in [0.1, 0.15) is 0 Å². The first kappa shape index (κ1) is 17.6. The van der Waals surface area contributed by atoms with Crippen molar-refractivity contribution < 1.29 is 9.00 Å². The molecule has 0 heterocycles. The lowest BCUT2D eigenvalue weighted by atomic mass is 9.99. The lowest BCUT2D eigenvalue weighted by Crippen LogP contribution is -2.34. The number of carbonyl (C=O) groups excluding carboxylic acids is 1. The molecule has 0 fully saturated rings. The Hall–Kier alpha value is -2.85. The maximum atomic E-state index is 13.1. The zero-order valence-corrected chi connectivity index (χ0v) is 15.6. The summed E-state index contributed by atoms with van der Waals surface area (Å²) in [5.74, 6) is 0. The van der Waals surface area contributed by atoms with E-state index < -0.39 is 15.9 Å². The van der Waals surface area contributed by atoms with E-state index in [1.807, 2.05) is 0 Å². The van der Waals surface area contributed by atoms with Gasteiger partial charge in [-0.3, -0.25) is 0 Å². The molecule has 0 saturated heterocycles. The molecule has 2 aliphatic rings. The van der Waals surface area contributed by atoms with Crippen LogP contribution in [0.4, 0.5) is 10.5 Å². The maximum absolute atomic E-state index is 13.1. The van der Waals surface area contributed by atoms with E-state index in [9.17, 15) is 9.00 Å². The van der Waals surface area contributed by atoms with Gasteiger partial charge in [-0.15, -0.1) is 0 Å². The third kappa shape index (κ3) is 3.28. The summed E-state index contributed by atoms with van der Waals surface area (Å²) in [7, 11) is -3.36. The van der Waals surface area contributed by atoms with E-state index in [4.69, 9.17) is 5.26 Å². The molecule has 0 spiro atoms. The fourth-order valence-corrected chi connectivity index (χ4v) is 5.24. The van der Waals surface area contributed by atoms with Crippen LogP contribution in [0.15, 0.2) is 45.7 Å². The average Bonchev–Trinajstić information content (AvgIpc) is 3.31. The second-order valence-corrected chi connectivity index (χ2v) is 8.73. The Kier molecular flexibility index (Phi) is 4.58. The van der Waals surface area contributed by atoms with Crippen molar-refractivity contribution in [3.63, 3.8) is 0 Å². The first-order valence-electron chi connectivity index (χ1n) is 9.06.